The maximum atomic E-state index is 11.8. The summed E-state index contributed by atoms with van der Waals surface area (Å²) in [6.07, 6.45) is 2.45. The van der Waals surface area contributed by atoms with Crippen LogP contribution >= 0.6 is 0 Å². The van der Waals surface area contributed by atoms with Crippen molar-refractivity contribution in [3.8, 4) is 0 Å². The van der Waals surface area contributed by atoms with E-state index in [1.165, 1.54) is 12.8 Å². The van der Waals surface area contributed by atoms with Crippen molar-refractivity contribution in [2.75, 3.05) is 31.5 Å². The summed E-state index contributed by atoms with van der Waals surface area (Å²) in [5.74, 6) is 0.724. The van der Waals surface area contributed by atoms with Crippen LogP contribution in [0.15, 0.2) is 24.3 Å². The fourth-order valence-corrected chi connectivity index (χ4v) is 2.38. The Bertz CT molecular complexity index is 414. The number of rotatable bonds is 5. The highest BCUT2D eigenvalue weighted by Gasteiger charge is 2.12. The van der Waals surface area contributed by atoms with Gasteiger partial charge in [-0.15, -0.1) is 0 Å². The van der Waals surface area contributed by atoms with Gasteiger partial charge in [0.15, 0.2) is 0 Å². The summed E-state index contributed by atoms with van der Waals surface area (Å²) in [6, 6.07) is 7.71. The van der Waals surface area contributed by atoms with E-state index in [9.17, 15) is 4.79 Å². The highest BCUT2D eigenvalue weighted by molar-refractivity contribution is 5.95. The molecule has 0 atom stereocenters. The van der Waals surface area contributed by atoms with Gasteiger partial charge in [-0.05, 0) is 57.0 Å². The second-order valence-electron chi connectivity index (χ2n) is 5.01. The normalized spacial score (nSPS) is 16.1. The molecular weight excluding hydrogens is 238 g/mol. The Morgan fingerprint density at radius 2 is 2.16 bits per heavy atom. The first kappa shape index (κ1) is 13.9. The van der Waals surface area contributed by atoms with E-state index < -0.39 is 0 Å². The first-order chi connectivity index (χ1) is 9.29. The van der Waals surface area contributed by atoms with Crippen LogP contribution in [0.1, 0.15) is 30.1 Å². The van der Waals surface area contributed by atoms with Crippen LogP contribution in [0.5, 0.6) is 0 Å². The van der Waals surface area contributed by atoms with Crippen LogP contribution < -0.4 is 16.0 Å². The molecular formula is C15H23N3O. The molecule has 0 unspecified atom stereocenters. The Labute approximate surface area is 115 Å². The van der Waals surface area contributed by atoms with E-state index in [0.717, 1.165) is 36.8 Å². The molecule has 0 saturated carbocycles. The third kappa shape index (κ3) is 4.24. The van der Waals surface area contributed by atoms with Gasteiger partial charge in [-0.1, -0.05) is 6.07 Å². The zero-order chi connectivity index (χ0) is 13.5. The van der Waals surface area contributed by atoms with Crippen LogP contribution in [-0.2, 0) is 0 Å². The Kier molecular flexibility index (Phi) is 5.21. The SMILES string of the molecule is CCNC(=O)c1cccc(NCC2CCNCC2)c1. The molecule has 1 fully saturated rings. The number of amides is 1. The Balaban J connectivity index is 1.89. The molecule has 1 aromatic carbocycles. The predicted molar refractivity (Wildman–Crippen MR) is 78.5 cm³/mol. The van der Waals surface area contributed by atoms with Crippen molar-refractivity contribution in [3.63, 3.8) is 0 Å². The van der Waals surface area contributed by atoms with Gasteiger partial charge < -0.3 is 16.0 Å². The van der Waals surface area contributed by atoms with E-state index in [0.29, 0.717) is 6.54 Å². The van der Waals surface area contributed by atoms with Gasteiger partial charge in [-0.25, -0.2) is 0 Å². The van der Waals surface area contributed by atoms with Crippen molar-refractivity contribution in [2.45, 2.75) is 19.8 Å². The summed E-state index contributed by atoms with van der Waals surface area (Å²) in [6.45, 7) is 5.81. The quantitative estimate of drug-likeness (QED) is 0.758. The molecule has 4 heteroatoms. The number of carbonyl (C=O) groups is 1. The number of piperidine rings is 1. The fraction of sp³-hybridized carbons (Fsp3) is 0.533. The molecule has 1 saturated heterocycles. The van der Waals surface area contributed by atoms with Gasteiger partial charge >= 0.3 is 0 Å². The van der Waals surface area contributed by atoms with Gasteiger partial charge in [0, 0.05) is 24.3 Å². The van der Waals surface area contributed by atoms with Gasteiger partial charge in [0.2, 0.25) is 0 Å². The monoisotopic (exact) mass is 261 g/mol. The van der Waals surface area contributed by atoms with Crippen molar-refractivity contribution in [2.24, 2.45) is 5.92 Å². The smallest absolute Gasteiger partial charge is 0.251 e. The van der Waals surface area contributed by atoms with Crippen LogP contribution in [0.2, 0.25) is 0 Å². The largest absolute Gasteiger partial charge is 0.385 e. The maximum absolute atomic E-state index is 11.8. The van der Waals surface area contributed by atoms with E-state index in [1.807, 2.05) is 31.2 Å². The minimum Gasteiger partial charge on any atom is -0.385 e. The van der Waals surface area contributed by atoms with Gasteiger partial charge in [0.1, 0.15) is 0 Å². The van der Waals surface area contributed by atoms with Gasteiger partial charge in [0.25, 0.3) is 5.91 Å². The van der Waals surface area contributed by atoms with Crippen molar-refractivity contribution < 1.29 is 4.79 Å². The molecule has 0 radical (unpaired) electrons. The van der Waals surface area contributed by atoms with Gasteiger partial charge in [-0.3, -0.25) is 4.79 Å². The molecule has 4 nitrogen and oxygen atoms in total. The van der Waals surface area contributed by atoms with E-state index >= 15 is 0 Å². The molecule has 1 aliphatic heterocycles. The summed E-state index contributed by atoms with van der Waals surface area (Å²) in [5.41, 5.74) is 1.75. The van der Waals surface area contributed by atoms with Crippen molar-refractivity contribution in [1.29, 1.82) is 0 Å². The molecule has 2 rings (SSSR count). The zero-order valence-electron chi connectivity index (χ0n) is 11.5. The first-order valence-electron chi connectivity index (χ1n) is 7.12. The molecule has 1 aromatic rings. The van der Waals surface area contributed by atoms with Crippen molar-refractivity contribution in [3.05, 3.63) is 29.8 Å². The Hall–Kier alpha value is -1.55. The fourth-order valence-electron chi connectivity index (χ4n) is 2.38. The second-order valence-corrected chi connectivity index (χ2v) is 5.01. The summed E-state index contributed by atoms with van der Waals surface area (Å²) in [4.78, 5) is 11.8. The average Bonchev–Trinajstić information content (AvgIpc) is 2.47. The number of carbonyl (C=O) groups excluding carboxylic acids is 1. The van der Waals surface area contributed by atoms with Crippen molar-refractivity contribution in [1.82, 2.24) is 10.6 Å². The minimum absolute atomic E-state index is 0.00647. The molecule has 1 aliphatic rings. The van der Waals surface area contributed by atoms with E-state index in [-0.39, 0.29) is 5.91 Å². The van der Waals surface area contributed by atoms with E-state index in [2.05, 4.69) is 16.0 Å². The lowest BCUT2D eigenvalue weighted by Gasteiger charge is -2.23. The molecule has 0 aliphatic carbocycles. The summed E-state index contributed by atoms with van der Waals surface area (Å²) < 4.78 is 0. The third-order valence-corrected chi connectivity index (χ3v) is 3.52. The topological polar surface area (TPSA) is 53.2 Å². The average molecular weight is 261 g/mol. The first-order valence-corrected chi connectivity index (χ1v) is 7.12. The maximum Gasteiger partial charge on any atom is 0.251 e. The number of hydrogen-bond acceptors (Lipinski definition) is 3. The van der Waals surface area contributed by atoms with Crippen LogP contribution in [0, 0.1) is 5.92 Å². The van der Waals surface area contributed by atoms with Gasteiger partial charge in [-0.2, -0.15) is 0 Å². The Morgan fingerprint density at radius 3 is 2.89 bits per heavy atom. The number of anilines is 1. The highest BCUT2D eigenvalue weighted by atomic mass is 16.1. The number of nitrogens with one attached hydrogen (secondary N) is 3. The lowest BCUT2D eigenvalue weighted by Crippen LogP contribution is -2.31. The molecule has 19 heavy (non-hydrogen) atoms. The second kappa shape index (κ2) is 7.14. The zero-order valence-corrected chi connectivity index (χ0v) is 11.5. The van der Waals surface area contributed by atoms with E-state index in [4.69, 9.17) is 0 Å². The lowest BCUT2D eigenvalue weighted by atomic mass is 9.98. The van der Waals surface area contributed by atoms with E-state index in [1.54, 1.807) is 0 Å². The molecule has 3 N–H and O–H groups in total. The van der Waals surface area contributed by atoms with Gasteiger partial charge in [0.05, 0.1) is 0 Å². The van der Waals surface area contributed by atoms with Crippen LogP contribution in [0.3, 0.4) is 0 Å². The standard InChI is InChI=1S/C15H23N3O/c1-2-17-15(19)13-4-3-5-14(10-13)18-11-12-6-8-16-9-7-12/h3-5,10,12,16,18H,2,6-9,11H2,1H3,(H,17,19). The molecule has 104 valence electrons. The molecule has 1 heterocycles. The van der Waals surface area contributed by atoms with Crippen molar-refractivity contribution >= 4 is 11.6 Å². The van der Waals surface area contributed by atoms with Crippen LogP contribution in [-0.4, -0.2) is 32.1 Å². The molecule has 0 aromatic heterocycles. The highest BCUT2D eigenvalue weighted by Crippen LogP contribution is 2.15. The molecule has 0 bridgehead atoms. The lowest BCUT2D eigenvalue weighted by molar-refractivity contribution is 0.0956. The van der Waals surface area contributed by atoms with Crippen LogP contribution in [0.4, 0.5) is 5.69 Å². The number of hydrogen-bond donors (Lipinski definition) is 3. The third-order valence-electron chi connectivity index (χ3n) is 3.52. The Morgan fingerprint density at radius 1 is 1.37 bits per heavy atom. The summed E-state index contributed by atoms with van der Waals surface area (Å²) in [5, 5.41) is 9.63. The number of benzene rings is 1. The predicted octanol–water partition coefficient (Wildman–Crippen LogP) is 1.85. The van der Waals surface area contributed by atoms with Crippen LogP contribution in [0.25, 0.3) is 0 Å². The summed E-state index contributed by atoms with van der Waals surface area (Å²) >= 11 is 0. The molecule has 1 amide bonds. The minimum atomic E-state index is -0.00647. The molecule has 0 spiro atoms. The summed E-state index contributed by atoms with van der Waals surface area (Å²) in [7, 11) is 0.